The topological polar surface area (TPSA) is 58.2 Å². The molecule has 0 saturated heterocycles. The number of benzene rings is 2. The monoisotopic (exact) mass is 418 g/mol. The fraction of sp³-hybridized carbons (Fsp3) is 0.200. The first kappa shape index (κ1) is 21.5. The van der Waals surface area contributed by atoms with E-state index in [1.54, 1.807) is 18.2 Å². The predicted octanol–water partition coefficient (Wildman–Crippen LogP) is 5.32. The van der Waals surface area contributed by atoms with Gasteiger partial charge in [-0.15, -0.1) is 11.3 Å². The van der Waals surface area contributed by atoms with E-state index in [0.717, 1.165) is 21.6 Å². The average Bonchev–Trinajstić information content (AvgIpc) is 3.20. The zero-order valence-corrected chi connectivity index (χ0v) is 18.5. The van der Waals surface area contributed by atoms with E-state index in [1.165, 1.54) is 16.9 Å². The highest BCUT2D eigenvalue weighted by molar-refractivity contribution is 7.10. The molecule has 1 atom stereocenters. The van der Waals surface area contributed by atoms with Crippen LogP contribution < -0.4 is 10.6 Å². The maximum absolute atomic E-state index is 13.1. The molecule has 0 aliphatic carbocycles. The molecule has 2 aromatic carbocycles. The number of hydrogen-bond acceptors (Lipinski definition) is 3. The van der Waals surface area contributed by atoms with Crippen molar-refractivity contribution in [3.63, 3.8) is 0 Å². The molecule has 154 valence electrons. The van der Waals surface area contributed by atoms with Crippen LogP contribution >= 0.6 is 11.3 Å². The van der Waals surface area contributed by atoms with E-state index in [0.29, 0.717) is 5.56 Å². The van der Waals surface area contributed by atoms with Gasteiger partial charge in [-0.1, -0.05) is 47.5 Å². The number of rotatable bonds is 6. The molecule has 2 amide bonds. The van der Waals surface area contributed by atoms with Crippen LogP contribution in [0.2, 0.25) is 0 Å². The fourth-order valence-electron chi connectivity index (χ4n) is 3.32. The minimum Gasteiger partial charge on any atom is -0.344 e. The Hall–Kier alpha value is -3.18. The summed E-state index contributed by atoms with van der Waals surface area (Å²) in [6.07, 6.45) is 1.71. The van der Waals surface area contributed by atoms with Gasteiger partial charge in [0.2, 0.25) is 0 Å². The average molecular weight is 419 g/mol. The van der Waals surface area contributed by atoms with Crippen molar-refractivity contribution in [1.29, 1.82) is 0 Å². The third-order valence-electron chi connectivity index (χ3n) is 4.84. The lowest BCUT2D eigenvalue weighted by Gasteiger charge is -2.19. The van der Waals surface area contributed by atoms with Crippen LogP contribution in [0, 0.1) is 20.8 Å². The van der Waals surface area contributed by atoms with E-state index in [-0.39, 0.29) is 23.6 Å². The van der Waals surface area contributed by atoms with Crippen molar-refractivity contribution >= 4 is 29.2 Å². The molecule has 4 nitrogen and oxygen atoms in total. The van der Waals surface area contributed by atoms with Crippen LogP contribution in [-0.4, -0.2) is 11.8 Å². The van der Waals surface area contributed by atoms with Crippen LogP contribution in [0.15, 0.2) is 65.7 Å². The van der Waals surface area contributed by atoms with Crippen molar-refractivity contribution in [2.45, 2.75) is 33.7 Å². The number of amides is 2. The molecule has 2 N–H and O–H groups in total. The lowest BCUT2D eigenvalue weighted by Crippen LogP contribution is -2.36. The molecule has 0 aliphatic heterocycles. The molecule has 0 aliphatic rings. The number of aryl methyl sites for hydroxylation is 3. The Kier molecular flexibility index (Phi) is 6.85. The summed E-state index contributed by atoms with van der Waals surface area (Å²) in [5, 5.41) is 7.75. The van der Waals surface area contributed by atoms with E-state index in [9.17, 15) is 9.59 Å². The van der Waals surface area contributed by atoms with Crippen LogP contribution in [0.5, 0.6) is 0 Å². The largest absolute Gasteiger partial charge is 0.344 e. The van der Waals surface area contributed by atoms with Crippen molar-refractivity contribution in [3.05, 3.63) is 98.4 Å². The summed E-state index contributed by atoms with van der Waals surface area (Å²) < 4.78 is 0. The smallest absolute Gasteiger partial charge is 0.268 e. The number of carbonyl (C=O) groups excluding carboxylic acids is 2. The molecule has 3 aromatic rings. The minimum atomic E-state index is -0.322. The number of nitrogens with one attached hydrogen (secondary N) is 2. The SMILES string of the molecule is Cc1cccc(C(=O)N/C(=C\c2cccs2)C(=O)NC(C)c2ccc(C)cc2C)c1. The van der Waals surface area contributed by atoms with Crippen molar-refractivity contribution < 1.29 is 9.59 Å². The van der Waals surface area contributed by atoms with Gasteiger partial charge in [-0.05, 0) is 68.5 Å². The normalized spacial score (nSPS) is 12.3. The Labute approximate surface area is 181 Å². The summed E-state index contributed by atoms with van der Waals surface area (Å²) in [6, 6.07) is 17.1. The quantitative estimate of drug-likeness (QED) is 0.532. The van der Waals surface area contributed by atoms with E-state index in [2.05, 4.69) is 16.7 Å². The molecule has 5 heteroatoms. The van der Waals surface area contributed by atoms with Gasteiger partial charge in [0.25, 0.3) is 11.8 Å². The van der Waals surface area contributed by atoms with Gasteiger partial charge < -0.3 is 10.6 Å². The second-order valence-electron chi connectivity index (χ2n) is 7.45. The lowest BCUT2D eigenvalue weighted by atomic mass is 10.0. The van der Waals surface area contributed by atoms with Gasteiger partial charge >= 0.3 is 0 Å². The Morgan fingerprint density at radius 3 is 2.40 bits per heavy atom. The summed E-state index contributed by atoms with van der Waals surface area (Å²) in [5.41, 5.74) is 5.07. The van der Waals surface area contributed by atoms with E-state index < -0.39 is 0 Å². The zero-order valence-electron chi connectivity index (χ0n) is 17.7. The zero-order chi connectivity index (χ0) is 21.7. The maximum Gasteiger partial charge on any atom is 0.268 e. The second-order valence-corrected chi connectivity index (χ2v) is 8.43. The minimum absolute atomic E-state index is 0.194. The third-order valence-corrected chi connectivity index (χ3v) is 5.66. The van der Waals surface area contributed by atoms with Crippen molar-refractivity contribution in [2.75, 3.05) is 0 Å². The Balaban J connectivity index is 1.83. The number of hydrogen-bond donors (Lipinski definition) is 2. The summed E-state index contributed by atoms with van der Waals surface area (Å²) in [5.74, 6) is -0.632. The highest BCUT2D eigenvalue weighted by atomic mass is 32.1. The van der Waals surface area contributed by atoms with Crippen molar-refractivity contribution in [3.8, 4) is 0 Å². The van der Waals surface area contributed by atoms with Gasteiger partial charge in [-0.2, -0.15) is 0 Å². The highest BCUT2D eigenvalue weighted by Crippen LogP contribution is 2.20. The van der Waals surface area contributed by atoms with Crippen LogP contribution in [0.25, 0.3) is 6.08 Å². The summed E-state index contributed by atoms with van der Waals surface area (Å²) >= 11 is 1.51. The molecule has 1 unspecified atom stereocenters. The summed E-state index contributed by atoms with van der Waals surface area (Å²) in [4.78, 5) is 26.7. The maximum atomic E-state index is 13.1. The van der Waals surface area contributed by atoms with E-state index >= 15 is 0 Å². The Morgan fingerprint density at radius 1 is 0.967 bits per heavy atom. The molecule has 0 fully saturated rings. The summed E-state index contributed by atoms with van der Waals surface area (Å²) in [6.45, 7) is 7.95. The molecule has 0 saturated carbocycles. The molecule has 0 bridgehead atoms. The van der Waals surface area contributed by atoms with Crippen LogP contribution in [0.4, 0.5) is 0 Å². The van der Waals surface area contributed by atoms with Gasteiger partial charge in [-0.25, -0.2) is 0 Å². The van der Waals surface area contributed by atoms with Crippen LogP contribution in [0.3, 0.4) is 0 Å². The van der Waals surface area contributed by atoms with Crippen molar-refractivity contribution in [1.82, 2.24) is 10.6 Å². The molecular formula is C25H26N2O2S. The number of thiophene rings is 1. The number of carbonyl (C=O) groups is 2. The predicted molar refractivity (Wildman–Crippen MR) is 123 cm³/mol. The first-order chi connectivity index (χ1) is 14.3. The standard InChI is InChI=1S/C25H26N2O2S/c1-16-7-5-8-20(14-16)24(28)27-23(15-21-9-6-12-30-21)25(29)26-19(4)22-11-10-17(2)13-18(22)3/h5-15,19H,1-4H3,(H,26,29)(H,27,28)/b23-15-. The van der Waals surface area contributed by atoms with Gasteiger partial charge in [-0.3, -0.25) is 9.59 Å². The van der Waals surface area contributed by atoms with Gasteiger partial charge in [0, 0.05) is 10.4 Å². The molecular weight excluding hydrogens is 392 g/mol. The molecule has 1 heterocycles. The van der Waals surface area contributed by atoms with E-state index in [4.69, 9.17) is 0 Å². The summed E-state index contributed by atoms with van der Waals surface area (Å²) in [7, 11) is 0. The lowest BCUT2D eigenvalue weighted by molar-refractivity contribution is -0.118. The van der Waals surface area contributed by atoms with Crippen molar-refractivity contribution in [2.24, 2.45) is 0 Å². The van der Waals surface area contributed by atoms with Gasteiger partial charge in [0.05, 0.1) is 6.04 Å². The molecule has 0 radical (unpaired) electrons. The fourth-order valence-corrected chi connectivity index (χ4v) is 3.98. The van der Waals surface area contributed by atoms with Crippen LogP contribution in [-0.2, 0) is 4.79 Å². The van der Waals surface area contributed by atoms with Gasteiger partial charge in [0.15, 0.2) is 0 Å². The third kappa shape index (κ3) is 5.45. The first-order valence-electron chi connectivity index (χ1n) is 9.84. The highest BCUT2D eigenvalue weighted by Gasteiger charge is 2.18. The van der Waals surface area contributed by atoms with Crippen LogP contribution in [0.1, 0.15) is 50.5 Å². The Morgan fingerprint density at radius 2 is 1.73 bits per heavy atom. The first-order valence-corrected chi connectivity index (χ1v) is 10.7. The van der Waals surface area contributed by atoms with E-state index in [1.807, 2.05) is 69.5 Å². The second kappa shape index (κ2) is 9.55. The molecule has 3 rings (SSSR count). The molecule has 30 heavy (non-hydrogen) atoms. The molecule has 0 spiro atoms. The molecule has 1 aromatic heterocycles. The Bertz CT molecular complexity index is 1080. The van der Waals surface area contributed by atoms with Gasteiger partial charge in [0.1, 0.15) is 5.70 Å².